The quantitative estimate of drug-likeness (QED) is 0.725. The third kappa shape index (κ3) is 4.16. The van der Waals surface area contributed by atoms with E-state index in [2.05, 4.69) is 21.2 Å². The Hall–Kier alpha value is -1.70. The summed E-state index contributed by atoms with van der Waals surface area (Å²) in [6, 6.07) is 13.4. The number of carbonyl (C=O) groups is 1. The molecule has 2 rings (SSSR count). The Morgan fingerprint density at radius 1 is 1.15 bits per heavy atom. The Kier molecular flexibility index (Phi) is 6.26. The number of hydrogen-bond acceptors (Lipinski definition) is 4. The van der Waals surface area contributed by atoms with Gasteiger partial charge in [0.25, 0.3) is 0 Å². The molecule has 2 aromatic rings. The summed E-state index contributed by atoms with van der Waals surface area (Å²) in [7, 11) is -2.26. The van der Waals surface area contributed by atoms with Crippen molar-refractivity contribution in [1.82, 2.24) is 0 Å². The third-order valence-electron chi connectivity index (χ3n) is 4.31. The average Bonchev–Trinajstić information content (AvgIpc) is 2.61. The van der Waals surface area contributed by atoms with Crippen molar-refractivity contribution in [3.8, 4) is 0 Å². The van der Waals surface area contributed by atoms with Crippen LogP contribution in [0.2, 0.25) is 0 Å². The maximum absolute atomic E-state index is 12.9. The van der Waals surface area contributed by atoms with E-state index in [9.17, 15) is 13.2 Å². The number of methoxy groups -OCH3 is 1. The number of anilines is 1. The highest BCUT2D eigenvalue weighted by molar-refractivity contribution is 9.10. The van der Waals surface area contributed by atoms with E-state index in [1.165, 1.54) is 26.0 Å². The highest BCUT2D eigenvalue weighted by atomic mass is 79.9. The molecule has 2 aromatic carbocycles. The standard InChI is InChI=1S/C19H22BrNO4S/c1-13(25-4)14-6-5-7-16(12-14)21-18(22)19(2,3)26(23,24)17-10-8-15(20)9-11-17/h5-13H,1-4H3,(H,21,22). The zero-order valence-corrected chi connectivity index (χ0v) is 17.5. The number of amides is 1. The van der Waals surface area contributed by atoms with Gasteiger partial charge < -0.3 is 10.1 Å². The molecule has 1 amide bonds. The Morgan fingerprint density at radius 2 is 1.77 bits per heavy atom. The van der Waals surface area contributed by atoms with Gasteiger partial charge >= 0.3 is 0 Å². The molecule has 0 saturated heterocycles. The zero-order valence-electron chi connectivity index (χ0n) is 15.1. The SMILES string of the molecule is COC(C)c1cccc(NC(=O)C(C)(C)S(=O)(=O)c2ccc(Br)cc2)c1. The highest BCUT2D eigenvalue weighted by Gasteiger charge is 2.42. The average molecular weight is 440 g/mol. The maximum atomic E-state index is 12.9. The number of sulfone groups is 1. The Bertz CT molecular complexity index is 892. The van der Waals surface area contributed by atoms with Crippen molar-refractivity contribution in [2.45, 2.75) is 36.5 Å². The van der Waals surface area contributed by atoms with Crippen LogP contribution >= 0.6 is 15.9 Å². The Morgan fingerprint density at radius 3 is 2.35 bits per heavy atom. The molecule has 0 aliphatic rings. The molecule has 0 bridgehead atoms. The van der Waals surface area contributed by atoms with Gasteiger partial charge in [-0.15, -0.1) is 0 Å². The van der Waals surface area contributed by atoms with Gasteiger partial charge in [-0.05, 0) is 62.7 Å². The van der Waals surface area contributed by atoms with Gasteiger partial charge in [0.15, 0.2) is 9.84 Å². The van der Waals surface area contributed by atoms with E-state index in [-0.39, 0.29) is 11.0 Å². The van der Waals surface area contributed by atoms with Crippen LogP contribution < -0.4 is 5.32 Å². The fourth-order valence-corrected chi connectivity index (χ4v) is 3.96. The number of halogens is 1. The van der Waals surface area contributed by atoms with Gasteiger partial charge in [-0.2, -0.15) is 0 Å². The summed E-state index contributed by atoms with van der Waals surface area (Å²) in [5.41, 5.74) is 1.41. The molecule has 0 aliphatic heterocycles. The number of nitrogens with one attached hydrogen (secondary N) is 1. The predicted octanol–water partition coefficient (Wildman–Crippen LogP) is 4.35. The Balaban J connectivity index is 2.29. The van der Waals surface area contributed by atoms with Gasteiger partial charge in [0.05, 0.1) is 11.0 Å². The fourth-order valence-electron chi connectivity index (χ4n) is 2.32. The van der Waals surface area contributed by atoms with Gasteiger partial charge in [-0.25, -0.2) is 8.42 Å². The molecule has 0 aliphatic carbocycles. The van der Waals surface area contributed by atoms with Crippen LogP contribution in [0.15, 0.2) is 57.9 Å². The van der Waals surface area contributed by atoms with Crippen molar-refractivity contribution < 1.29 is 17.9 Å². The third-order valence-corrected chi connectivity index (χ3v) is 7.26. The summed E-state index contributed by atoms with van der Waals surface area (Å²) in [6.07, 6.45) is -0.133. The van der Waals surface area contributed by atoms with Crippen molar-refractivity contribution in [3.63, 3.8) is 0 Å². The van der Waals surface area contributed by atoms with E-state index in [0.717, 1.165) is 10.0 Å². The van der Waals surface area contributed by atoms with Gasteiger partial charge in [-0.3, -0.25) is 4.79 Å². The topological polar surface area (TPSA) is 72.5 Å². The van der Waals surface area contributed by atoms with Crippen LogP contribution in [0.4, 0.5) is 5.69 Å². The van der Waals surface area contributed by atoms with Crippen molar-refractivity contribution in [3.05, 3.63) is 58.6 Å². The van der Waals surface area contributed by atoms with Crippen LogP contribution in [-0.4, -0.2) is 26.2 Å². The summed E-state index contributed by atoms with van der Waals surface area (Å²) < 4.78 is 30.2. The molecule has 0 spiro atoms. The minimum Gasteiger partial charge on any atom is -0.377 e. The summed E-state index contributed by atoms with van der Waals surface area (Å²) in [4.78, 5) is 12.8. The molecular weight excluding hydrogens is 418 g/mol. The smallest absolute Gasteiger partial charge is 0.245 e. The number of carbonyl (C=O) groups excluding carboxylic acids is 1. The molecule has 1 unspecified atom stereocenters. The van der Waals surface area contributed by atoms with Crippen molar-refractivity contribution in [2.75, 3.05) is 12.4 Å². The molecule has 5 nitrogen and oxygen atoms in total. The minimum absolute atomic E-state index is 0.0996. The molecular formula is C19H22BrNO4S. The summed E-state index contributed by atoms with van der Waals surface area (Å²) >= 11 is 3.28. The maximum Gasteiger partial charge on any atom is 0.245 e. The normalized spacial score (nSPS) is 13.3. The highest BCUT2D eigenvalue weighted by Crippen LogP contribution is 2.28. The molecule has 26 heavy (non-hydrogen) atoms. The minimum atomic E-state index is -3.86. The van der Waals surface area contributed by atoms with Crippen LogP contribution in [0.25, 0.3) is 0 Å². The molecule has 0 aromatic heterocycles. The van der Waals surface area contributed by atoms with Crippen LogP contribution in [0.3, 0.4) is 0 Å². The van der Waals surface area contributed by atoms with Gasteiger partial charge in [-0.1, -0.05) is 28.1 Å². The van der Waals surface area contributed by atoms with Crippen molar-refractivity contribution in [1.29, 1.82) is 0 Å². The lowest BCUT2D eigenvalue weighted by Crippen LogP contribution is -2.44. The lowest BCUT2D eigenvalue weighted by atomic mass is 10.1. The monoisotopic (exact) mass is 439 g/mol. The van der Waals surface area contributed by atoms with Crippen LogP contribution in [0.1, 0.15) is 32.4 Å². The predicted molar refractivity (Wildman–Crippen MR) is 106 cm³/mol. The first kappa shape index (κ1) is 20.6. The lowest BCUT2D eigenvalue weighted by molar-refractivity contribution is -0.117. The molecule has 1 atom stereocenters. The first-order valence-electron chi connectivity index (χ1n) is 8.04. The van der Waals surface area contributed by atoms with E-state index in [4.69, 9.17) is 4.74 Å². The van der Waals surface area contributed by atoms with Crippen LogP contribution in [-0.2, 0) is 19.4 Å². The number of benzene rings is 2. The number of hydrogen-bond donors (Lipinski definition) is 1. The van der Waals surface area contributed by atoms with Gasteiger partial charge in [0, 0.05) is 17.3 Å². The van der Waals surface area contributed by atoms with Gasteiger partial charge in [0.2, 0.25) is 5.91 Å². The molecule has 1 N–H and O–H groups in total. The number of rotatable bonds is 6. The molecule has 7 heteroatoms. The van der Waals surface area contributed by atoms with Crippen LogP contribution in [0, 0.1) is 0 Å². The molecule has 0 radical (unpaired) electrons. The first-order valence-corrected chi connectivity index (χ1v) is 10.3. The summed E-state index contributed by atoms with van der Waals surface area (Å²) in [5.74, 6) is -0.595. The second-order valence-electron chi connectivity index (χ2n) is 6.43. The summed E-state index contributed by atoms with van der Waals surface area (Å²) in [5, 5.41) is 2.71. The van der Waals surface area contributed by atoms with Crippen molar-refractivity contribution >= 4 is 37.4 Å². The molecule has 140 valence electrons. The lowest BCUT2D eigenvalue weighted by Gasteiger charge is -2.24. The second-order valence-corrected chi connectivity index (χ2v) is 9.84. The molecule has 0 saturated carbocycles. The van der Waals surface area contributed by atoms with Gasteiger partial charge in [0.1, 0.15) is 4.75 Å². The van der Waals surface area contributed by atoms with E-state index in [1.807, 2.05) is 13.0 Å². The largest absolute Gasteiger partial charge is 0.377 e. The first-order chi connectivity index (χ1) is 12.1. The van der Waals surface area contributed by atoms with E-state index < -0.39 is 20.5 Å². The Labute approximate surface area is 162 Å². The van der Waals surface area contributed by atoms with Crippen LogP contribution in [0.5, 0.6) is 0 Å². The van der Waals surface area contributed by atoms with E-state index >= 15 is 0 Å². The molecule has 0 fully saturated rings. The fraction of sp³-hybridized carbons (Fsp3) is 0.316. The zero-order chi connectivity index (χ0) is 19.5. The summed E-state index contributed by atoms with van der Waals surface area (Å²) in [6.45, 7) is 4.70. The number of ether oxygens (including phenoxy) is 1. The molecule has 0 heterocycles. The van der Waals surface area contributed by atoms with E-state index in [0.29, 0.717) is 5.69 Å². The second kappa shape index (κ2) is 7.90. The van der Waals surface area contributed by atoms with Crippen molar-refractivity contribution in [2.24, 2.45) is 0 Å². The van der Waals surface area contributed by atoms with E-state index in [1.54, 1.807) is 37.4 Å².